The van der Waals surface area contributed by atoms with Gasteiger partial charge in [0, 0.05) is 11.7 Å². The Bertz CT molecular complexity index is 547. The highest BCUT2D eigenvalue weighted by Gasteiger charge is 2.31. The van der Waals surface area contributed by atoms with Crippen LogP contribution in [0, 0.1) is 0 Å². The summed E-state index contributed by atoms with van der Waals surface area (Å²) in [6, 6.07) is 12.2. The van der Waals surface area contributed by atoms with E-state index < -0.39 is 0 Å². The van der Waals surface area contributed by atoms with E-state index in [1.807, 2.05) is 40.6 Å². The summed E-state index contributed by atoms with van der Waals surface area (Å²) in [5.41, 5.74) is 2.34. The summed E-state index contributed by atoms with van der Waals surface area (Å²) in [7, 11) is 0. The summed E-state index contributed by atoms with van der Waals surface area (Å²) in [5, 5.41) is 1.94. The quantitative estimate of drug-likeness (QED) is 0.752. The molecule has 0 N–H and O–H groups in total. The fourth-order valence-electron chi connectivity index (χ4n) is 2.39. The Morgan fingerprint density at radius 2 is 2.12 bits per heavy atom. The fraction of sp³-hybridized carbons (Fsp3) is 0.214. The lowest BCUT2D eigenvalue weighted by atomic mass is 10.1. The molecule has 3 heteroatoms. The van der Waals surface area contributed by atoms with Crippen LogP contribution in [-0.4, -0.2) is 11.9 Å². The minimum Gasteiger partial charge on any atom is -0.304 e. The lowest BCUT2D eigenvalue weighted by Gasteiger charge is -2.21. The van der Waals surface area contributed by atoms with Crippen molar-refractivity contribution in [2.45, 2.75) is 19.4 Å². The molecule has 0 bridgehead atoms. The lowest BCUT2D eigenvalue weighted by molar-refractivity contribution is 0.0985. The number of hydrogen-bond donors (Lipinski definition) is 0. The zero-order chi connectivity index (χ0) is 11.8. The van der Waals surface area contributed by atoms with Gasteiger partial charge in [-0.25, -0.2) is 0 Å². The molecule has 1 aliphatic heterocycles. The molecule has 0 unspecified atom stereocenters. The van der Waals surface area contributed by atoms with Gasteiger partial charge in [-0.2, -0.15) is 0 Å². The summed E-state index contributed by atoms with van der Waals surface area (Å²) in [5.74, 6) is 0.123. The summed E-state index contributed by atoms with van der Waals surface area (Å²) in [6.45, 7) is 2.10. The van der Waals surface area contributed by atoms with E-state index in [4.69, 9.17) is 0 Å². The maximum atomic E-state index is 12.4. The standard InChI is InChI=1S/C14H13NOS/c1-10-9-11-5-2-3-6-12(11)15(10)14(16)13-7-4-8-17-13/h2-8,10H,9H2,1H3/t10-/m0/s1. The van der Waals surface area contributed by atoms with E-state index in [1.54, 1.807) is 0 Å². The molecule has 1 aliphatic rings. The smallest absolute Gasteiger partial charge is 0.268 e. The average Bonchev–Trinajstić information content (AvgIpc) is 2.94. The molecule has 1 aromatic heterocycles. The fourth-order valence-corrected chi connectivity index (χ4v) is 3.05. The van der Waals surface area contributed by atoms with Gasteiger partial charge >= 0.3 is 0 Å². The first-order valence-corrected chi connectivity index (χ1v) is 6.60. The molecule has 1 amide bonds. The van der Waals surface area contributed by atoms with Crippen LogP contribution in [0.1, 0.15) is 22.2 Å². The normalized spacial score (nSPS) is 18.2. The molecule has 0 fully saturated rings. The number of rotatable bonds is 1. The maximum absolute atomic E-state index is 12.4. The van der Waals surface area contributed by atoms with Crippen LogP contribution in [0.25, 0.3) is 0 Å². The summed E-state index contributed by atoms with van der Waals surface area (Å²) in [6.07, 6.45) is 0.952. The van der Waals surface area contributed by atoms with Gasteiger partial charge in [0.25, 0.3) is 5.91 Å². The first-order chi connectivity index (χ1) is 8.27. The number of carbonyl (C=O) groups excluding carboxylic acids is 1. The molecule has 0 saturated heterocycles. The second-order valence-corrected chi connectivity index (χ2v) is 5.28. The molecule has 1 aromatic carbocycles. The van der Waals surface area contributed by atoms with Gasteiger partial charge in [0.15, 0.2) is 0 Å². The number of para-hydroxylation sites is 1. The van der Waals surface area contributed by atoms with Crippen molar-refractivity contribution in [3.63, 3.8) is 0 Å². The second-order valence-electron chi connectivity index (χ2n) is 4.33. The number of hydrogen-bond acceptors (Lipinski definition) is 2. The molecule has 3 rings (SSSR count). The van der Waals surface area contributed by atoms with Crippen molar-refractivity contribution in [1.29, 1.82) is 0 Å². The van der Waals surface area contributed by atoms with Gasteiger partial charge in [0.1, 0.15) is 0 Å². The SMILES string of the molecule is C[C@H]1Cc2ccccc2N1C(=O)c1cccs1. The molecule has 17 heavy (non-hydrogen) atoms. The number of carbonyl (C=O) groups is 1. The van der Waals surface area contributed by atoms with E-state index in [0.29, 0.717) is 0 Å². The molecule has 0 radical (unpaired) electrons. The molecule has 0 spiro atoms. The predicted octanol–water partition coefficient (Wildman–Crippen LogP) is 3.34. The molecule has 0 aliphatic carbocycles. The molecule has 0 saturated carbocycles. The van der Waals surface area contributed by atoms with Crippen LogP contribution in [0.4, 0.5) is 5.69 Å². The van der Waals surface area contributed by atoms with Crippen LogP contribution in [-0.2, 0) is 6.42 Å². The Morgan fingerprint density at radius 1 is 1.29 bits per heavy atom. The zero-order valence-electron chi connectivity index (χ0n) is 9.59. The number of anilines is 1. The van der Waals surface area contributed by atoms with E-state index in [9.17, 15) is 4.79 Å². The molecule has 2 aromatic rings. The lowest BCUT2D eigenvalue weighted by Crippen LogP contribution is -2.35. The largest absolute Gasteiger partial charge is 0.304 e. The highest BCUT2D eigenvalue weighted by molar-refractivity contribution is 7.12. The third kappa shape index (κ3) is 1.67. The van der Waals surface area contributed by atoms with Crippen molar-refractivity contribution in [2.75, 3.05) is 4.90 Å². The number of benzene rings is 1. The van der Waals surface area contributed by atoms with Crippen LogP contribution >= 0.6 is 11.3 Å². The highest BCUT2D eigenvalue weighted by Crippen LogP contribution is 2.33. The van der Waals surface area contributed by atoms with E-state index in [0.717, 1.165) is 17.0 Å². The van der Waals surface area contributed by atoms with Crippen LogP contribution in [0.15, 0.2) is 41.8 Å². The van der Waals surface area contributed by atoms with E-state index in [1.165, 1.54) is 16.9 Å². The second kappa shape index (κ2) is 4.00. The summed E-state index contributed by atoms with van der Waals surface area (Å²) in [4.78, 5) is 15.1. The van der Waals surface area contributed by atoms with Crippen molar-refractivity contribution in [1.82, 2.24) is 0 Å². The molecule has 1 atom stereocenters. The Labute approximate surface area is 105 Å². The summed E-state index contributed by atoms with van der Waals surface area (Å²) < 4.78 is 0. The van der Waals surface area contributed by atoms with Gasteiger partial charge in [-0.1, -0.05) is 24.3 Å². The van der Waals surface area contributed by atoms with Gasteiger partial charge < -0.3 is 4.90 Å². The molecule has 86 valence electrons. The summed E-state index contributed by atoms with van der Waals surface area (Å²) >= 11 is 1.50. The Kier molecular flexibility index (Phi) is 2.48. The number of amides is 1. The van der Waals surface area contributed by atoms with Gasteiger partial charge in [-0.05, 0) is 36.4 Å². The van der Waals surface area contributed by atoms with Crippen molar-refractivity contribution in [2.24, 2.45) is 0 Å². The van der Waals surface area contributed by atoms with Gasteiger partial charge in [0.2, 0.25) is 0 Å². The third-order valence-corrected chi connectivity index (χ3v) is 4.02. The van der Waals surface area contributed by atoms with E-state index >= 15 is 0 Å². The van der Waals surface area contributed by atoms with Crippen molar-refractivity contribution >= 4 is 22.9 Å². The van der Waals surface area contributed by atoms with E-state index in [2.05, 4.69) is 13.0 Å². The van der Waals surface area contributed by atoms with Crippen molar-refractivity contribution in [3.8, 4) is 0 Å². The van der Waals surface area contributed by atoms with Crippen LogP contribution in [0.5, 0.6) is 0 Å². The Balaban J connectivity index is 2.01. The first kappa shape index (κ1) is 10.5. The van der Waals surface area contributed by atoms with Crippen LogP contribution in [0.3, 0.4) is 0 Å². The topological polar surface area (TPSA) is 20.3 Å². The zero-order valence-corrected chi connectivity index (χ0v) is 10.4. The first-order valence-electron chi connectivity index (χ1n) is 5.72. The molecule has 2 heterocycles. The molecular weight excluding hydrogens is 230 g/mol. The van der Waals surface area contributed by atoms with Crippen LogP contribution < -0.4 is 4.90 Å². The van der Waals surface area contributed by atoms with Gasteiger partial charge in [-0.3, -0.25) is 4.79 Å². The number of thiophene rings is 1. The number of nitrogens with zero attached hydrogens (tertiary/aromatic N) is 1. The Hall–Kier alpha value is -1.61. The maximum Gasteiger partial charge on any atom is 0.268 e. The average molecular weight is 243 g/mol. The molecule has 2 nitrogen and oxygen atoms in total. The minimum atomic E-state index is 0.123. The Morgan fingerprint density at radius 3 is 2.88 bits per heavy atom. The molecular formula is C14H13NOS. The monoisotopic (exact) mass is 243 g/mol. The van der Waals surface area contributed by atoms with Crippen molar-refractivity contribution in [3.05, 3.63) is 52.2 Å². The van der Waals surface area contributed by atoms with Crippen LogP contribution in [0.2, 0.25) is 0 Å². The predicted molar refractivity (Wildman–Crippen MR) is 70.7 cm³/mol. The van der Waals surface area contributed by atoms with Gasteiger partial charge in [0.05, 0.1) is 4.88 Å². The third-order valence-electron chi connectivity index (χ3n) is 3.16. The van der Waals surface area contributed by atoms with Crippen molar-refractivity contribution < 1.29 is 4.79 Å². The minimum absolute atomic E-state index is 0.123. The van der Waals surface area contributed by atoms with E-state index in [-0.39, 0.29) is 11.9 Å². The van der Waals surface area contributed by atoms with Gasteiger partial charge in [-0.15, -0.1) is 11.3 Å². The highest BCUT2D eigenvalue weighted by atomic mass is 32.1. The number of fused-ring (bicyclic) bond motifs is 1.